The number of para-hydroxylation sites is 2. The van der Waals surface area contributed by atoms with Gasteiger partial charge in [-0.05, 0) is 24.3 Å². The van der Waals surface area contributed by atoms with Gasteiger partial charge in [0.25, 0.3) is 0 Å². The van der Waals surface area contributed by atoms with Crippen LogP contribution in [0, 0.1) is 0 Å². The Labute approximate surface area is 151 Å². The van der Waals surface area contributed by atoms with E-state index in [9.17, 15) is 15.3 Å². The molecular formula is C18H22N4O4. The summed E-state index contributed by atoms with van der Waals surface area (Å²) in [6.07, 6.45) is -3.47. The number of hydrogen-bond donors (Lipinski definition) is 6. The monoisotopic (exact) mass is 358 g/mol. The van der Waals surface area contributed by atoms with E-state index in [0.29, 0.717) is 5.69 Å². The van der Waals surface area contributed by atoms with Crippen LogP contribution < -0.4 is 10.9 Å². The smallest absolute Gasteiger partial charge is 0.128 e. The van der Waals surface area contributed by atoms with Crippen LogP contribution in [0.4, 0.5) is 11.4 Å². The standard InChI is InChI=1S/C18H22N4O4/c23-12-16(24)18(26)17(25)15(22-21-14-9-5-2-6-10-14)11-19-20-13-7-3-1-4-8-13/h1-11,16-18,20-21,23-26H,12H2/b19-11-,22-15?/t16-,17-,18-/m1/s1. The predicted molar refractivity (Wildman–Crippen MR) is 101 cm³/mol. The maximum absolute atomic E-state index is 10.2. The fourth-order valence-corrected chi connectivity index (χ4v) is 1.99. The van der Waals surface area contributed by atoms with Crippen molar-refractivity contribution in [2.75, 3.05) is 17.5 Å². The van der Waals surface area contributed by atoms with Gasteiger partial charge in [0.1, 0.15) is 24.0 Å². The third-order valence-electron chi connectivity index (χ3n) is 3.46. The van der Waals surface area contributed by atoms with E-state index in [-0.39, 0.29) is 5.71 Å². The number of hydrazone groups is 2. The Bertz CT molecular complexity index is 710. The Balaban J connectivity index is 2.14. The van der Waals surface area contributed by atoms with Crippen LogP contribution in [-0.4, -0.2) is 57.3 Å². The number of hydrogen-bond acceptors (Lipinski definition) is 8. The zero-order chi connectivity index (χ0) is 18.8. The van der Waals surface area contributed by atoms with Gasteiger partial charge in [0.05, 0.1) is 24.2 Å². The van der Waals surface area contributed by atoms with Crippen molar-refractivity contribution in [1.29, 1.82) is 0 Å². The Morgan fingerprint density at radius 2 is 1.42 bits per heavy atom. The van der Waals surface area contributed by atoms with Gasteiger partial charge in [-0.2, -0.15) is 10.2 Å². The van der Waals surface area contributed by atoms with Gasteiger partial charge in [-0.15, -0.1) is 0 Å². The molecule has 0 heterocycles. The van der Waals surface area contributed by atoms with Crippen molar-refractivity contribution in [3.63, 3.8) is 0 Å². The lowest BCUT2D eigenvalue weighted by Gasteiger charge is -2.21. The number of aliphatic hydroxyl groups is 4. The van der Waals surface area contributed by atoms with E-state index < -0.39 is 24.9 Å². The molecule has 2 aromatic rings. The number of benzene rings is 2. The van der Waals surface area contributed by atoms with E-state index in [2.05, 4.69) is 21.1 Å². The highest BCUT2D eigenvalue weighted by Gasteiger charge is 2.27. The summed E-state index contributed by atoms with van der Waals surface area (Å²) < 4.78 is 0. The topological polar surface area (TPSA) is 130 Å². The Hall–Kier alpha value is -2.78. The van der Waals surface area contributed by atoms with E-state index in [1.54, 1.807) is 24.3 Å². The minimum atomic E-state index is -1.63. The molecule has 26 heavy (non-hydrogen) atoms. The lowest BCUT2D eigenvalue weighted by atomic mass is 10.0. The summed E-state index contributed by atoms with van der Waals surface area (Å²) in [5, 5.41) is 46.7. The van der Waals surface area contributed by atoms with Gasteiger partial charge < -0.3 is 20.4 Å². The Morgan fingerprint density at radius 1 is 0.885 bits per heavy atom. The molecule has 6 N–H and O–H groups in total. The van der Waals surface area contributed by atoms with E-state index in [1.807, 2.05) is 36.4 Å². The molecule has 0 fully saturated rings. The molecule has 8 heteroatoms. The molecule has 8 nitrogen and oxygen atoms in total. The Kier molecular flexibility index (Phi) is 7.72. The zero-order valence-electron chi connectivity index (χ0n) is 14.0. The number of rotatable bonds is 9. The Morgan fingerprint density at radius 3 is 1.96 bits per heavy atom. The van der Waals surface area contributed by atoms with E-state index >= 15 is 0 Å². The molecule has 0 bridgehead atoms. The van der Waals surface area contributed by atoms with Crippen molar-refractivity contribution in [2.45, 2.75) is 18.3 Å². The third-order valence-corrected chi connectivity index (χ3v) is 3.46. The number of nitrogens with zero attached hydrogens (tertiary/aromatic N) is 2. The molecule has 0 radical (unpaired) electrons. The van der Waals surface area contributed by atoms with Crippen LogP contribution in [0.3, 0.4) is 0 Å². The summed E-state index contributed by atoms with van der Waals surface area (Å²) in [6, 6.07) is 18.1. The minimum absolute atomic E-state index is 0.0303. The van der Waals surface area contributed by atoms with Gasteiger partial charge in [0.15, 0.2) is 0 Å². The fourth-order valence-electron chi connectivity index (χ4n) is 1.99. The molecule has 0 saturated carbocycles. The SMILES string of the molecule is OC[C@@H](O)[C@@H](O)[C@H](O)C(/C=N\Nc1ccccc1)=NNc1ccccc1. The lowest BCUT2D eigenvalue weighted by Crippen LogP contribution is -2.44. The molecule has 2 aromatic carbocycles. The molecule has 138 valence electrons. The summed E-state index contributed by atoms with van der Waals surface area (Å²) in [5.41, 5.74) is 6.87. The maximum atomic E-state index is 10.2. The molecule has 0 amide bonds. The van der Waals surface area contributed by atoms with Crippen LogP contribution in [-0.2, 0) is 0 Å². The van der Waals surface area contributed by atoms with Gasteiger partial charge in [-0.1, -0.05) is 36.4 Å². The maximum Gasteiger partial charge on any atom is 0.128 e. The molecule has 0 spiro atoms. The summed E-state index contributed by atoms with van der Waals surface area (Å²) in [5.74, 6) is 0. The molecule has 3 atom stereocenters. The molecule has 0 aliphatic rings. The molecule has 0 aromatic heterocycles. The van der Waals surface area contributed by atoms with Gasteiger partial charge in [0.2, 0.25) is 0 Å². The summed E-state index contributed by atoms with van der Waals surface area (Å²) in [4.78, 5) is 0. The molecule has 0 saturated heterocycles. The first kappa shape index (κ1) is 19.5. The minimum Gasteiger partial charge on any atom is -0.394 e. The highest BCUT2D eigenvalue weighted by atomic mass is 16.4. The lowest BCUT2D eigenvalue weighted by molar-refractivity contribution is -0.0548. The first-order chi connectivity index (χ1) is 12.6. The fraction of sp³-hybridized carbons (Fsp3) is 0.222. The number of anilines is 2. The van der Waals surface area contributed by atoms with Crippen molar-refractivity contribution in [3.8, 4) is 0 Å². The van der Waals surface area contributed by atoms with Crippen LogP contribution in [0.5, 0.6) is 0 Å². The predicted octanol–water partition coefficient (Wildman–Crippen LogP) is 0.627. The largest absolute Gasteiger partial charge is 0.394 e. The van der Waals surface area contributed by atoms with Crippen LogP contribution in [0.25, 0.3) is 0 Å². The van der Waals surface area contributed by atoms with E-state index in [0.717, 1.165) is 5.69 Å². The highest BCUT2D eigenvalue weighted by molar-refractivity contribution is 6.33. The molecule has 0 aliphatic heterocycles. The van der Waals surface area contributed by atoms with Gasteiger partial charge in [-0.25, -0.2) is 0 Å². The van der Waals surface area contributed by atoms with Crippen molar-refractivity contribution >= 4 is 23.3 Å². The second kappa shape index (κ2) is 10.3. The van der Waals surface area contributed by atoms with Gasteiger partial charge in [0, 0.05) is 0 Å². The second-order valence-corrected chi connectivity index (χ2v) is 5.44. The molecule has 0 aliphatic carbocycles. The van der Waals surface area contributed by atoms with Crippen molar-refractivity contribution in [2.24, 2.45) is 10.2 Å². The first-order valence-electron chi connectivity index (χ1n) is 7.99. The van der Waals surface area contributed by atoms with Crippen LogP contribution in [0.15, 0.2) is 70.9 Å². The van der Waals surface area contributed by atoms with Gasteiger partial charge >= 0.3 is 0 Å². The van der Waals surface area contributed by atoms with Crippen molar-refractivity contribution < 1.29 is 20.4 Å². The van der Waals surface area contributed by atoms with E-state index in [4.69, 9.17) is 5.11 Å². The van der Waals surface area contributed by atoms with Crippen LogP contribution in [0.1, 0.15) is 0 Å². The number of nitrogens with one attached hydrogen (secondary N) is 2. The zero-order valence-corrected chi connectivity index (χ0v) is 14.0. The third kappa shape index (κ3) is 5.94. The van der Waals surface area contributed by atoms with Gasteiger partial charge in [-0.3, -0.25) is 10.9 Å². The average molecular weight is 358 g/mol. The van der Waals surface area contributed by atoms with Crippen molar-refractivity contribution in [1.82, 2.24) is 0 Å². The average Bonchev–Trinajstić information content (AvgIpc) is 2.70. The van der Waals surface area contributed by atoms with E-state index in [1.165, 1.54) is 6.21 Å². The van der Waals surface area contributed by atoms with Crippen molar-refractivity contribution in [3.05, 3.63) is 60.7 Å². The quantitative estimate of drug-likeness (QED) is 0.288. The van der Waals surface area contributed by atoms with Crippen LogP contribution >= 0.6 is 0 Å². The molecule has 2 rings (SSSR count). The highest BCUT2D eigenvalue weighted by Crippen LogP contribution is 2.08. The molecule has 0 unspecified atom stereocenters. The first-order valence-corrected chi connectivity index (χ1v) is 7.99. The second-order valence-electron chi connectivity index (χ2n) is 5.44. The van der Waals surface area contributed by atoms with Crippen LogP contribution in [0.2, 0.25) is 0 Å². The normalized spacial score (nSPS) is 15.5. The summed E-state index contributed by atoms with van der Waals surface area (Å²) >= 11 is 0. The number of aliphatic hydroxyl groups excluding tert-OH is 4. The summed E-state index contributed by atoms with van der Waals surface area (Å²) in [6.45, 7) is -0.697. The molecular weight excluding hydrogens is 336 g/mol. The summed E-state index contributed by atoms with van der Waals surface area (Å²) in [7, 11) is 0.